The molecule has 8 atom stereocenters. The molecule has 0 N–H and O–H groups in total. The lowest BCUT2D eigenvalue weighted by atomic mass is 9.44. The van der Waals surface area contributed by atoms with Crippen molar-refractivity contribution in [3.05, 3.63) is 11.6 Å². The van der Waals surface area contributed by atoms with E-state index in [4.69, 9.17) is 12.2 Å². The Bertz CT molecular complexity index is 787. The first-order valence-electron chi connectivity index (χ1n) is 10.0. The summed E-state index contributed by atoms with van der Waals surface area (Å²) in [7, 11) is 0. The Kier molecular flexibility index (Phi) is 2.57. The summed E-state index contributed by atoms with van der Waals surface area (Å²) in [5, 5.41) is 0. The summed E-state index contributed by atoms with van der Waals surface area (Å²) in [5.74, 6) is 1.95. The molecule has 0 radical (unpaired) electrons. The lowest BCUT2D eigenvalue weighted by Crippen LogP contribution is -2.66. The van der Waals surface area contributed by atoms with E-state index in [1.165, 1.54) is 5.57 Å². The van der Waals surface area contributed by atoms with Crippen molar-refractivity contribution in [2.24, 2.45) is 40.4 Å². The number of fused-ring (bicyclic) bond motifs is 1. The third kappa shape index (κ3) is 1.34. The Hall–Kier alpha value is -1.03. The van der Waals surface area contributed by atoms with Crippen LogP contribution in [0.3, 0.4) is 0 Å². The fraction of sp³-hybridized carbons (Fsp3) is 0.762. The molecule has 0 unspecified atom stereocenters. The maximum Gasteiger partial charge on any atom is 0.159 e. The van der Waals surface area contributed by atoms with Crippen LogP contribution in [-0.2, 0) is 9.59 Å². The number of hydrogen-bond donors (Lipinski definition) is 0. The van der Waals surface area contributed by atoms with Crippen LogP contribution in [0.2, 0.25) is 0 Å². The van der Waals surface area contributed by atoms with E-state index in [2.05, 4.69) is 18.7 Å². The number of piperidine rings is 1. The number of thiocarbonyl (C=S) groups is 1. The summed E-state index contributed by atoms with van der Waals surface area (Å²) in [5.41, 5.74) is 0.883. The van der Waals surface area contributed by atoms with E-state index in [1.54, 1.807) is 0 Å². The zero-order chi connectivity index (χ0) is 17.3. The third-order valence-corrected chi connectivity index (χ3v) is 9.88. The van der Waals surface area contributed by atoms with Crippen LogP contribution in [0, 0.1) is 40.4 Å². The summed E-state index contributed by atoms with van der Waals surface area (Å²) < 4.78 is 0. The average Bonchev–Trinajstić information content (AvgIpc) is 3.15. The van der Waals surface area contributed by atoms with Crippen molar-refractivity contribution < 1.29 is 9.59 Å². The van der Waals surface area contributed by atoms with E-state index in [-0.39, 0.29) is 28.6 Å². The first-order chi connectivity index (χ1) is 11.9. The van der Waals surface area contributed by atoms with Gasteiger partial charge in [0.25, 0.3) is 0 Å². The fourth-order valence-corrected chi connectivity index (χ4v) is 8.95. The summed E-state index contributed by atoms with van der Waals surface area (Å²) >= 11 is 6.00. The predicted molar refractivity (Wildman–Crippen MR) is 97.9 cm³/mol. The molecule has 0 aromatic carbocycles. The van der Waals surface area contributed by atoms with Gasteiger partial charge in [-0.3, -0.25) is 9.59 Å². The topological polar surface area (TPSA) is 37.4 Å². The van der Waals surface area contributed by atoms with Gasteiger partial charge in [0.1, 0.15) is 5.78 Å². The molecule has 6 rings (SSSR count). The lowest BCUT2D eigenvalue weighted by Gasteiger charge is -2.60. The Morgan fingerprint density at radius 2 is 2.04 bits per heavy atom. The van der Waals surface area contributed by atoms with Crippen LogP contribution in [0.5, 0.6) is 0 Å². The minimum Gasteiger partial charge on any atom is -0.362 e. The van der Waals surface area contributed by atoms with E-state index in [0.29, 0.717) is 29.4 Å². The number of rotatable bonds is 0. The van der Waals surface area contributed by atoms with Crippen LogP contribution >= 0.6 is 12.2 Å². The van der Waals surface area contributed by atoms with Crippen LogP contribution in [-0.4, -0.2) is 34.0 Å². The molecule has 2 heterocycles. The van der Waals surface area contributed by atoms with Crippen LogP contribution in [0.4, 0.5) is 0 Å². The molecule has 2 saturated heterocycles. The van der Waals surface area contributed by atoms with Crippen molar-refractivity contribution >= 4 is 28.8 Å². The van der Waals surface area contributed by atoms with Gasteiger partial charge in [-0.2, -0.15) is 0 Å². The molecule has 0 aromatic rings. The van der Waals surface area contributed by atoms with Gasteiger partial charge in [-0.25, -0.2) is 0 Å². The lowest BCUT2D eigenvalue weighted by molar-refractivity contribution is -0.167. The van der Waals surface area contributed by atoms with E-state index in [0.717, 1.165) is 43.6 Å². The van der Waals surface area contributed by atoms with Gasteiger partial charge >= 0.3 is 0 Å². The molecule has 4 heteroatoms. The maximum atomic E-state index is 14.0. The fourth-order valence-electron chi connectivity index (χ4n) is 8.39. The van der Waals surface area contributed by atoms with Crippen molar-refractivity contribution in [2.45, 2.75) is 52.0 Å². The highest BCUT2D eigenvalue weighted by Crippen LogP contribution is 2.74. The van der Waals surface area contributed by atoms with Gasteiger partial charge in [0.2, 0.25) is 0 Å². The molecule has 2 bridgehead atoms. The molecule has 5 fully saturated rings. The van der Waals surface area contributed by atoms with E-state index in [1.807, 2.05) is 6.08 Å². The van der Waals surface area contributed by atoms with Crippen LogP contribution in [0.15, 0.2) is 11.6 Å². The molecule has 0 aromatic heterocycles. The molecule has 1 spiro atoms. The van der Waals surface area contributed by atoms with Gasteiger partial charge in [0, 0.05) is 47.1 Å². The van der Waals surface area contributed by atoms with Crippen molar-refractivity contribution in [1.82, 2.24) is 4.90 Å². The monoisotopic (exact) mass is 355 g/mol. The Morgan fingerprint density at radius 3 is 2.84 bits per heavy atom. The number of hydrogen-bond acceptors (Lipinski definition) is 3. The molecule has 132 valence electrons. The SMILES string of the molecule is C[C@@H]1CN2C(=S)[C@H]3CCC4=CC(=O)[C@@H]5CC[C@@]6(C(=O)[C@@H]1C[C@@H]2[C@@]36C)[C@H]45. The molecule has 6 aliphatic rings. The normalized spacial score (nSPS) is 55.4. The van der Waals surface area contributed by atoms with Gasteiger partial charge in [-0.15, -0.1) is 0 Å². The number of Topliss-reactive ketones (excluding diaryl/α,β-unsaturated/α-hetero) is 1. The molecule has 3 nitrogen and oxygen atoms in total. The number of carbonyl (C=O) groups is 2. The van der Waals surface area contributed by atoms with Crippen molar-refractivity contribution in [2.75, 3.05) is 6.54 Å². The van der Waals surface area contributed by atoms with E-state index >= 15 is 0 Å². The third-order valence-electron chi connectivity index (χ3n) is 9.36. The second-order valence-electron chi connectivity index (χ2n) is 9.78. The smallest absolute Gasteiger partial charge is 0.159 e. The average molecular weight is 356 g/mol. The highest BCUT2D eigenvalue weighted by atomic mass is 32.1. The first-order valence-corrected chi connectivity index (χ1v) is 10.4. The zero-order valence-electron chi connectivity index (χ0n) is 15.0. The number of carbonyl (C=O) groups excluding carboxylic acids is 2. The molecular formula is C21H25NO2S. The van der Waals surface area contributed by atoms with Crippen molar-refractivity contribution in [1.29, 1.82) is 0 Å². The van der Waals surface area contributed by atoms with Gasteiger partial charge in [0.05, 0.1) is 4.99 Å². The van der Waals surface area contributed by atoms with Gasteiger partial charge in [0.15, 0.2) is 5.78 Å². The summed E-state index contributed by atoms with van der Waals surface area (Å²) in [6.07, 6.45) is 6.70. The molecule has 0 amide bonds. The standard InChI is InChI=1S/C21H25NO2S/c1-10-9-22-16-8-13(10)18(24)21-6-5-12-15(23)7-11(17(12)21)3-4-14(19(22)25)20(16,21)2/h7,10,12-14,16-17H,3-6,8-9H2,1-2H3/t10-,12+,13-,14-,16-,17-,20-,21+/m1/s1. The van der Waals surface area contributed by atoms with Crippen LogP contribution < -0.4 is 0 Å². The minimum absolute atomic E-state index is 0.0720. The molecule has 4 aliphatic carbocycles. The largest absolute Gasteiger partial charge is 0.362 e. The zero-order valence-corrected chi connectivity index (χ0v) is 15.8. The molecule has 25 heavy (non-hydrogen) atoms. The molecular weight excluding hydrogens is 330 g/mol. The van der Waals surface area contributed by atoms with Gasteiger partial charge < -0.3 is 4.90 Å². The van der Waals surface area contributed by atoms with E-state index in [9.17, 15) is 9.59 Å². The highest BCUT2D eigenvalue weighted by Gasteiger charge is 2.77. The van der Waals surface area contributed by atoms with Crippen molar-refractivity contribution in [3.8, 4) is 0 Å². The highest BCUT2D eigenvalue weighted by molar-refractivity contribution is 7.80. The second kappa shape index (κ2) is 4.27. The van der Waals surface area contributed by atoms with Crippen molar-refractivity contribution in [3.63, 3.8) is 0 Å². The maximum absolute atomic E-state index is 14.0. The minimum atomic E-state index is -0.335. The van der Waals surface area contributed by atoms with Gasteiger partial charge in [-0.05, 0) is 44.1 Å². The van der Waals surface area contributed by atoms with Gasteiger partial charge in [-0.1, -0.05) is 31.6 Å². The number of nitrogens with zero attached hydrogens (tertiary/aromatic N) is 1. The number of allylic oxidation sites excluding steroid dienone is 2. The van der Waals surface area contributed by atoms with Crippen LogP contribution in [0.25, 0.3) is 0 Å². The Morgan fingerprint density at radius 1 is 1.24 bits per heavy atom. The second-order valence-corrected chi connectivity index (χ2v) is 10.2. The Labute approximate surface area is 154 Å². The molecule has 2 aliphatic heterocycles. The number of ketones is 2. The summed E-state index contributed by atoms with van der Waals surface area (Å²) in [6, 6.07) is 0.415. The Balaban J connectivity index is 1.66. The van der Waals surface area contributed by atoms with Crippen LogP contribution in [0.1, 0.15) is 46.0 Å². The molecule has 3 saturated carbocycles. The summed E-state index contributed by atoms with van der Waals surface area (Å²) in [6.45, 7) is 5.57. The predicted octanol–water partition coefficient (Wildman–Crippen LogP) is 3.17. The van der Waals surface area contributed by atoms with E-state index < -0.39 is 0 Å². The first kappa shape index (κ1) is 15.1. The summed E-state index contributed by atoms with van der Waals surface area (Å²) in [4.78, 5) is 30.3. The quantitative estimate of drug-likeness (QED) is 0.626.